The Morgan fingerprint density at radius 2 is 1.86 bits per heavy atom. The molecular weight excluding hydrogens is 334 g/mol. The number of nitrogens with zero attached hydrogens (tertiary/aromatic N) is 1. The van der Waals surface area contributed by atoms with E-state index in [-0.39, 0.29) is 0 Å². The molecule has 3 nitrogen and oxygen atoms in total. The first-order chi connectivity index (χ1) is 10.5. The van der Waals surface area contributed by atoms with Gasteiger partial charge in [-0.05, 0) is 54.9 Å². The largest absolute Gasteiger partial charge is 0.331 e. The molecule has 0 fully saturated rings. The second-order valence-electron chi connectivity index (χ2n) is 5.14. The van der Waals surface area contributed by atoms with Crippen molar-refractivity contribution in [2.24, 2.45) is 5.10 Å². The molecule has 0 aliphatic rings. The average molecular weight is 352 g/mol. The molecule has 0 bridgehead atoms. The van der Waals surface area contributed by atoms with Crippen molar-refractivity contribution in [1.82, 2.24) is 5.43 Å². The summed E-state index contributed by atoms with van der Waals surface area (Å²) >= 11 is 12.6. The van der Waals surface area contributed by atoms with Crippen LogP contribution >= 0.6 is 35.2 Å². The maximum atomic E-state index is 5.91. The van der Waals surface area contributed by atoms with E-state index in [1.807, 2.05) is 31.2 Å². The zero-order valence-electron chi connectivity index (χ0n) is 12.7. The van der Waals surface area contributed by atoms with Crippen LogP contribution in [-0.4, -0.2) is 10.8 Å². The molecule has 0 aliphatic carbocycles. The number of hydrazone groups is 1. The van der Waals surface area contributed by atoms with Gasteiger partial charge in [-0.3, -0.25) is 5.43 Å². The third-order valence-corrected chi connectivity index (χ3v) is 4.62. The van der Waals surface area contributed by atoms with Gasteiger partial charge >= 0.3 is 0 Å². The van der Waals surface area contributed by atoms with Gasteiger partial charge in [-0.2, -0.15) is 5.10 Å². The topological polar surface area (TPSA) is 36.4 Å². The molecule has 1 aromatic heterocycles. The molecule has 0 aliphatic heterocycles. The number of anilines is 1. The molecule has 1 heterocycles. The number of thiocarbonyl (C=S) groups is 1. The Morgan fingerprint density at radius 3 is 2.41 bits per heavy atom. The van der Waals surface area contributed by atoms with Gasteiger partial charge in [-0.25, -0.2) is 0 Å². The minimum absolute atomic E-state index is 0.458. The van der Waals surface area contributed by atoms with E-state index in [1.165, 1.54) is 16.9 Å². The van der Waals surface area contributed by atoms with Crippen LogP contribution in [0.15, 0.2) is 41.5 Å². The lowest BCUT2D eigenvalue weighted by molar-refractivity contribution is 0.867. The molecule has 0 atom stereocenters. The first-order valence-corrected chi connectivity index (χ1v) is 8.53. The van der Waals surface area contributed by atoms with Crippen LogP contribution in [-0.2, 0) is 0 Å². The highest BCUT2D eigenvalue weighted by Gasteiger charge is 2.03. The second kappa shape index (κ2) is 7.72. The summed E-state index contributed by atoms with van der Waals surface area (Å²) in [6.45, 7) is 6.25. The predicted molar refractivity (Wildman–Crippen MR) is 101 cm³/mol. The Labute approximate surface area is 145 Å². The van der Waals surface area contributed by atoms with Gasteiger partial charge in [0.2, 0.25) is 0 Å². The van der Waals surface area contributed by atoms with Crippen LogP contribution in [0.1, 0.15) is 37.1 Å². The van der Waals surface area contributed by atoms with Crippen LogP contribution < -0.4 is 10.7 Å². The summed E-state index contributed by atoms with van der Waals surface area (Å²) in [5, 5.41) is 7.83. The van der Waals surface area contributed by atoms with E-state index in [4.69, 9.17) is 23.8 Å². The minimum Gasteiger partial charge on any atom is -0.331 e. The van der Waals surface area contributed by atoms with Crippen molar-refractivity contribution in [3.8, 4) is 0 Å². The van der Waals surface area contributed by atoms with Crippen molar-refractivity contribution in [3.63, 3.8) is 0 Å². The van der Waals surface area contributed by atoms with Gasteiger partial charge in [0.05, 0.1) is 14.9 Å². The first-order valence-electron chi connectivity index (χ1n) is 6.92. The molecule has 2 rings (SSSR count). The Hall–Kier alpha value is -1.43. The Balaban J connectivity index is 1.92. The number of thiophene rings is 1. The standard InChI is InChI=1S/C16H18ClN3S2/c1-10(2)12-4-6-13(7-5-12)18-16(21)20-19-11(3)14-8-9-15(17)22-14/h4-10H,1-3H3,(H2,18,20,21)/b19-11-. The molecule has 6 heteroatoms. The molecular formula is C16H18ClN3S2. The Bertz CT molecular complexity index is 675. The van der Waals surface area contributed by atoms with Gasteiger partial charge in [0.1, 0.15) is 0 Å². The van der Waals surface area contributed by atoms with E-state index in [9.17, 15) is 0 Å². The van der Waals surface area contributed by atoms with E-state index in [1.54, 1.807) is 0 Å². The zero-order chi connectivity index (χ0) is 16.1. The summed E-state index contributed by atoms with van der Waals surface area (Å²) in [6, 6.07) is 12.0. The van der Waals surface area contributed by atoms with E-state index < -0.39 is 0 Å². The van der Waals surface area contributed by atoms with Crippen molar-refractivity contribution in [2.75, 3.05) is 5.32 Å². The summed E-state index contributed by atoms with van der Waals surface area (Å²) in [5.74, 6) is 0.518. The predicted octanol–water partition coefficient (Wildman–Crippen LogP) is 5.24. The van der Waals surface area contributed by atoms with Gasteiger partial charge in [-0.15, -0.1) is 11.3 Å². The van der Waals surface area contributed by atoms with Gasteiger partial charge in [0, 0.05) is 5.69 Å². The molecule has 1 aromatic carbocycles. The number of nitrogens with one attached hydrogen (secondary N) is 2. The van der Waals surface area contributed by atoms with E-state index in [0.29, 0.717) is 11.0 Å². The quantitative estimate of drug-likeness (QED) is 0.449. The zero-order valence-corrected chi connectivity index (χ0v) is 15.1. The highest BCUT2D eigenvalue weighted by Crippen LogP contribution is 2.21. The fourth-order valence-corrected chi connectivity index (χ4v) is 2.96. The minimum atomic E-state index is 0.458. The molecule has 0 amide bonds. The number of hydrogen-bond acceptors (Lipinski definition) is 3. The summed E-state index contributed by atoms with van der Waals surface area (Å²) in [7, 11) is 0. The number of rotatable bonds is 4. The smallest absolute Gasteiger partial charge is 0.191 e. The second-order valence-corrected chi connectivity index (χ2v) is 7.27. The summed E-state index contributed by atoms with van der Waals surface area (Å²) < 4.78 is 0.746. The van der Waals surface area contributed by atoms with E-state index in [2.05, 4.69) is 41.8 Å². The van der Waals surface area contributed by atoms with Crippen molar-refractivity contribution >= 4 is 51.7 Å². The molecule has 0 saturated heterocycles. The van der Waals surface area contributed by atoms with Gasteiger partial charge in [-0.1, -0.05) is 37.6 Å². The fourth-order valence-electron chi connectivity index (χ4n) is 1.81. The van der Waals surface area contributed by atoms with Crippen molar-refractivity contribution < 1.29 is 0 Å². The first kappa shape index (κ1) is 16.9. The van der Waals surface area contributed by atoms with Crippen LogP contribution in [0, 0.1) is 0 Å². The lowest BCUT2D eigenvalue weighted by atomic mass is 10.0. The van der Waals surface area contributed by atoms with Gasteiger partial charge in [0.25, 0.3) is 0 Å². The van der Waals surface area contributed by atoms with Crippen LogP contribution in [0.4, 0.5) is 5.69 Å². The SMILES string of the molecule is C/C(=N/NC(=S)Nc1ccc(C(C)C)cc1)c1ccc(Cl)s1. The Kier molecular flexibility index (Phi) is 5.94. The maximum Gasteiger partial charge on any atom is 0.191 e. The normalized spacial score (nSPS) is 11.6. The highest BCUT2D eigenvalue weighted by molar-refractivity contribution is 7.80. The number of hydrogen-bond donors (Lipinski definition) is 2. The van der Waals surface area contributed by atoms with Crippen LogP contribution in [0.5, 0.6) is 0 Å². The number of benzene rings is 1. The van der Waals surface area contributed by atoms with Crippen LogP contribution in [0.2, 0.25) is 4.34 Å². The molecule has 2 N–H and O–H groups in total. The van der Waals surface area contributed by atoms with Crippen molar-refractivity contribution in [3.05, 3.63) is 51.2 Å². The third-order valence-electron chi connectivity index (χ3n) is 3.09. The summed E-state index contributed by atoms with van der Waals surface area (Å²) in [5.41, 5.74) is 5.93. The van der Waals surface area contributed by atoms with Crippen molar-refractivity contribution in [1.29, 1.82) is 0 Å². The third kappa shape index (κ3) is 4.80. The lowest BCUT2D eigenvalue weighted by Crippen LogP contribution is -2.24. The lowest BCUT2D eigenvalue weighted by Gasteiger charge is -2.10. The fraction of sp³-hybridized carbons (Fsp3) is 0.250. The monoisotopic (exact) mass is 351 g/mol. The van der Waals surface area contributed by atoms with Crippen LogP contribution in [0.3, 0.4) is 0 Å². The van der Waals surface area contributed by atoms with Gasteiger partial charge < -0.3 is 5.32 Å². The molecule has 2 aromatic rings. The maximum absolute atomic E-state index is 5.91. The molecule has 0 radical (unpaired) electrons. The highest BCUT2D eigenvalue weighted by atomic mass is 35.5. The molecule has 0 unspecified atom stereocenters. The molecule has 0 spiro atoms. The van der Waals surface area contributed by atoms with E-state index in [0.717, 1.165) is 20.6 Å². The van der Waals surface area contributed by atoms with Crippen LogP contribution in [0.25, 0.3) is 0 Å². The average Bonchev–Trinajstić information content (AvgIpc) is 2.92. The van der Waals surface area contributed by atoms with E-state index >= 15 is 0 Å². The molecule has 0 saturated carbocycles. The van der Waals surface area contributed by atoms with Crippen molar-refractivity contribution in [2.45, 2.75) is 26.7 Å². The summed E-state index contributed by atoms with van der Waals surface area (Å²) in [4.78, 5) is 1.02. The summed E-state index contributed by atoms with van der Waals surface area (Å²) in [6.07, 6.45) is 0. The molecule has 22 heavy (non-hydrogen) atoms. The number of halogens is 1. The Morgan fingerprint density at radius 1 is 1.18 bits per heavy atom. The molecule has 116 valence electrons. The van der Waals surface area contributed by atoms with Gasteiger partial charge in [0.15, 0.2) is 5.11 Å².